The minimum atomic E-state index is -0.364. The standard InChI is InChI=1S/C20H23N3O3.ClH/c1-14-2-6-17(7-3-14)23-13-15(12-19(23)24)20(25)22-16-4-8-18(9-5-16)26-11-10-21;/h2-9,15H,10-13,21H2,1H3,(H,22,25);1H. The molecule has 0 aromatic heterocycles. The molecule has 6 nitrogen and oxygen atoms in total. The highest BCUT2D eigenvalue weighted by Crippen LogP contribution is 2.26. The predicted molar refractivity (Wildman–Crippen MR) is 109 cm³/mol. The molecule has 3 N–H and O–H groups in total. The molecule has 0 bridgehead atoms. The summed E-state index contributed by atoms with van der Waals surface area (Å²) >= 11 is 0. The summed E-state index contributed by atoms with van der Waals surface area (Å²) in [4.78, 5) is 26.5. The van der Waals surface area contributed by atoms with Crippen LogP contribution in [0.25, 0.3) is 0 Å². The summed E-state index contributed by atoms with van der Waals surface area (Å²) in [6, 6.07) is 14.9. The minimum absolute atomic E-state index is 0. The van der Waals surface area contributed by atoms with Crippen molar-refractivity contribution < 1.29 is 14.3 Å². The fraction of sp³-hybridized carbons (Fsp3) is 0.300. The van der Waals surface area contributed by atoms with Gasteiger partial charge in [0.1, 0.15) is 12.4 Å². The first-order valence-electron chi connectivity index (χ1n) is 8.67. The van der Waals surface area contributed by atoms with Gasteiger partial charge in [-0.05, 0) is 43.3 Å². The van der Waals surface area contributed by atoms with E-state index in [9.17, 15) is 9.59 Å². The van der Waals surface area contributed by atoms with Crippen LogP contribution in [0.15, 0.2) is 48.5 Å². The molecule has 1 aliphatic heterocycles. The van der Waals surface area contributed by atoms with E-state index in [0.717, 1.165) is 11.3 Å². The largest absolute Gasteiger partial charge is 0.492 e. The van der Waals surface area contributed by atoms with Gasteiger partial charge < -0.3 is 20.7 Å². The molecule has 144 valence electrons. The van der Waals surface area contributed by atoms with Gasteiger partial charge in [0.2, 0.25) is 11.8 Å². The molecule has 0 saturated carbocycles. The van der Waals surface area contributed by atoms with Crippen LogP contribution in [-0.2, 0) is 9.59 Å². The van der Waals surface area contributed by atoms with Crippen molar-refractivity contribution in [2.24, 2.45) is 11.7 Å². The Balaban J connectivity index is 0.00000261. The van der Waals surface area contributed by atoms with E-state index >= 15 is 0 Å². The zero-order valence-electron chi connectivity index (χ0n) is 15.2. The number of hydrogen-bond acceptors (Lipinski definition) is 4. The van der Waals surface area contributed by atoms with Crippen molar-refractivity contribution in [3.8, 4) is 5.75 Å². The van der Waals surface area contributed by atoms with Crippen molar-refractivity contribution >= 4 is 35.6 Å². The molecule has 1 heterocycles. The lowest BCUT2D eigenvalue weighted by atomic mass is 10.1. The van der Waals surface area contributed by atoms with Crippen LogP contribution in [0.3, 0.4) is 0 Å². The Bertz CT molecular complexity index is 778. The molecule has 1 saturated heterocycles. The number of rotatable bonds is 6. The van der Waals surface area contributed by atoms with Crippen LogP contribution < -0.4 is 20.7 Å². The van der Waals surface area contributed by atoms with Gasteiger partial charge in [0.05, 0.1) is 5.92 Å². The third-order valence-electron chi connectivity index (χ3n) is 4.35. The Kier molecular flexibility index (Phi) is 7.21. The van der Waals surface area contributed by atoms with Gasteiger partial charge in [-0.25, -0.2) is 0 Å². The molecule has 27 heavy (non-hydrogen) atoms. The number of nitrogens with zero attached hydrogens (tertiary/aromatic N) is 1. The second-order valence-corrected chi connectivity index (χ2v) is 6.39. The normalized spacial score (nSPS) is 16.0. The lowest BCUT2D eigenvalue weighted by molar-refractivity contribution is -0.122. The first-order chi connectivity index (χ1) is 12.6. The molecule has 1 atom stereocenters. The summed E-state index contributed by atoms with van der Waals surface area (Å²) < 4.78 is 5.41. The molecule has 0 radical (unpaired) electrons. The molecule has 2 amide bonds. The van der Waals surface area contributed by atoms with Gasteiger partial charge in [-0.3, -0.25) is 9.59 Å². The van der Waals surface area contributed by atoms with Crippen molar-refractivity contribution in [2.45, 2.75) is 13.3 Å². The summed E-state index contributed by atoms with van der Waals surface area (Å²) in [5.41, 5.74) is 8.04. The lowest BCUT2D eigenvalue weighted by Gasteiger charge is -2.17. The number of carbonyl (C=O) groups is 2. The SMILES string of the molecule is Cc1ccc(N2CC(C(=O)Nc3ccc(OCCN)cc3)CC2=O)cc1.Cl. The van der Waals surface area contributed by atoms with Gasteiger partial charge in [-0.1, -0.05) is 17.7 Å². The Morgan fingerprint density at radius 3 is 2.48 bits per heavy atom. The number of carbonyl (C=O) groups excluding carboxylic acids is 2. The first-order valence-corrected chi connectivity index (χ1v) is 8.67. The van der Waals surface area contributed by atoms with Crippen LogP contribution >= 0.6 is 12.4 Å². The molecule has 2 aromatic rings. The van der Waals surface area contributed by atoms with Crippen LogP contribution in [0.2, 0.25) is 0 Å². The molecule has 0 aliphatic carbocycles. The van der Waals surface area contributed by atoms with Crippen LogP contribution in [-0.4, -0.2) is 31.5 Å². The number of ether oxygens (including phenoxy) is 1. The van der Waals surface area contributed by atoms with Crippen molar-refractivity contribution in [1.29, 1.82) is 0 Å². The van der Waals surface area contributed by atoms with Gasteiger partial charge in [0, 0.05) is 30.9 Å². The van der Waals surface area contributed by atoms with E-state index in [1.165, 1.54) is 0 Å². The molecular weight excluding hydrogens is 366 g/mol. The topological polar surface area (TPSA) is 84.7 Å². The monoisotopic (exact) mass is 389 g/mol. The summed E-state index contributed by atoms with van der Waals surface area (Å²) in [5, 5.41) is 2.87. The zero-order chi connectivity index (χ0) is 18.5. The fourth-order valence-electron chi connectivity index (χ4n) is 2.91. The number of nitrogens with one attached hydrogen (secondary N) is 1. The maximum Gasteiger partial charge on any atom is 0.229 e. The number of hydrogen-bond donors (Lipinski definition) is 2. The van der Waals surface area contributed by atoms with E-state index in [0.29, 0.717) is 31.1 Å². The summed E-state index contributed by atoms with van der Waals surface area (Å²) in [6.07, 6.45) is 0.220. The molecular formula is C20H24ClN3O3. The number of halogens is 1. The summed E-state index contributed by atoms with van der Waals surface area (Å²) in [6.45, 7) is 3.29. The highest BCUT2D eigenvalue weighted by Gasteiger charge is 2.35. The minimum Gasteiger partial charge on any atom is -0.492 e. The van der Waals surface area contributed by atoms with Crippen molar-refractivity contribution in [2.75, 3.05) is 29.9 Å². The Labute approximate surface area is 165 Å². The first kappa shape index (κ1) is 20.7. The van der Waals surface area contributed by atoms with E-state index in [1.54, 1.807) is 29.2 Å². The Morgan fingerprint density at radius 1 is 1.19 bits per heavy atom. The Hall–Kier alpha value is -2.57. The third kappa shape index (κ3) is 5.21. The summed E-state index contributed by atoms with van der Waals surface area (Å²) in [5.74, 6) is 0.162. The van der Waals surface area contributed by atoms with Gasteiger partial charge in [0.25, 0.3) is 0 Å². The predicted octanol–water partition coefficient (Wildman–Crippen LogP) is 2.75. The zero-order valence-corrected chi connectivity index (χ0v) is 16.0. The van der Waals surface area contributed by atoms with Crippen molar-refractivity contribution in [3.63, 3.8) is 0 Å². The molecule has 3 rings (SSSR count). The number of amides is 2. The second-order valence-electron chi connectivity index (χ2n) is 6.39. The molecule has 0 spiro atoms. The molecule has 1 fully saturated rings. The van der Waals surface area contributed by atoms with E-state index < -0.39 is 0 Å². The second kappa shape index (κ2) is 9.39. The smallest absolute Gasteiger partial charge is 0.229 e. The van der Waals surface area contributed by atoms with Crippen molar-refractivity contribution in [3.05, 3.63) is 54.1 Å². The maximum absolute atomic E-state index is 12.5. The van der Waals surface area contributed by atoms with Crippen molar-refractivity contribution in [1.82, 2.24) is 0 Å². The van der Waals surface area contributed by atoms with Gasteiger partial charge >= 0.3 is 0 Å². The summed E-state index contributed by atoms with van der Waals surface area (Å²) in [7, 11) is 0. The third-order valence-corrected chi connectivity index (χ3v) is 4.35. The molecule has 7 heteroatoms. The van der Waals surface area contributed by atoms with E-state index in [1.807, 2.05) is 31.2 Å². The van der Waals surface area contributed by atoms with Gasteiger partial charge in [-0.15, -0.1) is 12.4 Å². The molecule has 1 aliphatic rings. The number of nitrogens with two attached hydrogens (primary N) is 1. The number of anilines is 2. The molecule has 1 unspecified atom stereocenters. The average molecular weight is 390 g/mol. The van der Waals surface area contributed by atoms with Crippen LogP contribution in [0.4, 0.5) is 11.4 Å². The quantitative estimate of drug-likeness (QED) is 0.795. The molecule has 2 aromatic carbocycles. The van der Waals surface area contributed by atoms with Gasteiger partial charge in [0.15, 0.2) is 0 Å². The lowest BCUT2D eigenvalue weighted by Crippen LogP contribution is -2.28. The van der Waals surface area contributed by atoms with Crippen LogP contribution in [0, 0.1) is 12.8 Å². The highest BCUT2D eigenvalue weighted by molar-refractivity contribution is 6.03. The number of benzene rings is 2. The van der Waals surface area contributed by atoms with Crippen LogP contribution in [0.5, 0.6) is 5.75 Å². The maximum atomic E-state index is 12.5. The van der Waals surface area contributed by atoms with Gasteiger partial charge in [-0.2, -0.15) is 0 Å². The van der Waals surface area contributed by atoms with E-state index in [4.69, 9.17) is 10.5 Å². The Morgan fingerprint density at radius 2 is 1.85 bits per heavy atom. The van der Waals surface area contributed by atoms with Crippen LogP contribution in [0.1, 0.15) is 12.0 Å². The highest BCUT2D eigenvalue weighted by atomic mass is 35.5. The average Bonchev–Trinajstić information content (AvgIpc) is 3.04. The van der Waals surface area contributed by atoms with E-state index in [2.05, 4.69) is 5.32 Å². The fourth-order valence-corrected chi connectivity index (χ4v) is 2.91. The van der Waals surface area contributed by atoms with E-state index in [-0.39, 0.29) is 36.6 Å². The number of aryl methyl sites for hydroxylation is 1.